The number of nitrogen functional groups attached to an aromatic ring is 1. The lowest BCUT2D eigenvalue weighted by molar-refractivity contribution is 0.326. The molecule has 3 rings (SSSR count). The smallest absolute Gasteiger partial charge is 0.0791 e. The van der Waals surface area contributed by atoms with Crippen LogP contribution in [0.25, 0.3) is 10.1 Å². The van der Waals surface area contributed by atoms with Crippen LogP contribution in [-0.2, 0) is 13.0 Å². The van der Waals surface area contributed by atoms with E-state index in [-0.39, 0.29) is 0 Å². The maximum Gasteiger partial charge on any atom is 0.0791 e. The number of thiophene rings is 1. The van der Waals surface area contributed by atoms with Gasteiger partial charge in [0.2, 0.25) is 0 Å². The molecular weight excluding hydrogens is 330 g/mol. The second-order valence-electron chi connectivity index (χ2n) is 6.64. The quantitative estimate of drug-likeness (QED) is 0.688. The van der Waals surface area contributed by atoms with Crippen molar-refractivity contribution >= 4 is 32.8 Å². The van der Waals surface area contributed by atoms with Crippen LogP contribution in [0, 0.1) is 6.92 Å². The van der Waals surface area contributed by atoms with E-state index < -0.39 is 0 Å². The predicted octanol–water partition coefficient (Wildman–Crippen LogP) is 3.32. The zero-order valence-electron chi connectivity index (χ0n) is 15.3. The largest absolute Gasteiger partial charge is 0.398 e. The number of likely N-dealkylation sites (N-methyl/N-ethyl adjacent to an activating group) is 1. The summed E-state index contributed by atoms with van der Waals surface area (Å²) in [5.74, 6) is 0. The fourth-order valence-corrected chi connectivity index (χ4v) is 4.19. The van der Waals surface area contributed by atoms with Crippen molar-refractivity contribution in [3.05, 3.63) is 46.6 Å². The minimum Gasteiger partial charge on any atom is -0.398 e. The van der Waals surface area contributed by atoms with Gasteiger partial charge in [0.25, 0.3) is 0 Å². The molecule has 0 bridgehead atoms. The van der Waals surface area contributed by atoms with Gasteiger partial charge in [-0.05, 0) is 44.2 Å². The Bertz CT molecular complexity index is 871. The van der Waals surface area contributed by atoms with E-state index in [1.165, 1.54) is 20.5 Å². The summed E-state index contributed by atoms with van der Waals surface area (Å²) in [6.45, 7) is 3.92. The summed E-state index contributed by atoms with van der Waals surface area (Å²) in [5, 5.41) is 9.58. The summed E-state index contributed by atoms with van der Waals surface area (Å²) in [6, 6.07) is 8.26. The molecule has 0 fully saturated rings. The second-order valence-corrected chi connectivity index (χ2v) is 7.90. The Morgan fingerprint density at radius 1 is 1.20 bits per heavy atom. The Kier molecular flexibility index (Phi) is 5.20. The third-order valence-corrected chi connectivity index (χ3v) is 5.54. The maximum atomic E-state index is 6.22. The standard InChI is InChI=1S/C19H25N5S/c1-13-16(19-17(20)6-5-7-18(19)25-13)8-9-24(4)12-14-10-15(23(2)3)11-21-22-14/h5-7,10-11H,8-9,12,20H2,1-4H3. The average Bonchev–Trinajstić information content (AvgIpc) is 2.90. The molecule has 0 unspecified atom stereocenters. The number of fused-ring (bicyclic) bond motifs is 1. The SMILES string of the molecule is Cc1sc2cccc(N)c2c1CCN(C)Cc1cc(N(C)C)cnn1. The van der Waals surface area contributed by atoms with Gasteiger partial charge in [-0.25, -0.2) is 0 Å². The molecule has 2 heterocycles. The van der Waals surface area contributed by atoms with Gasteiger partial charge in [0.05, 0.1) is 17.6 Å². The minimum atomic E-state index is 0.783. The van der Waals surface area contributed by atoms with E-state index in [9.17, 15) is 0 Å². The normalized spacial score (nSPS) is 11.4. The molecule has 0 aliphatic carbocycles. The van der Waals surface area contributed by atoms with E-state index in [4.69, 9.17) is 5.73 Å². The van der Waals surface area contributed by atoms with Crippen molar-refractivity contribution in [3.8, 4) is 0 Å². The van der Waals surface area contributed by atoms with Crippen LogP contribution in [0.2, 0.25) is 0 Å². The van der Waals surface area contributed by atoms with Gasteiger partial charge in [0.1, 0.15) is 0 Å². The van der Waals surface area contributed by atoms with Crippen LogP contribution < -0.4 is 10.6 Å². The summed E-state index contributed by atoms with van der Waals surface area (Å²) in [6.07, 6.45) is 2.77. The van der Waals surface area contributed by atoms with Crippen molar-refractivity contribution < 1.29 is 0 Å². The van der Waals surface area contributed by atoms with E-state index in [1.54, 1.807) is 6.20 Å². The van der Waals surface area contributed by atoms with Gasteiger partial charge < -0.3 is 15.5 Å². The molecule has 3 aromatic rings. The predicted molar refractivity (Wildman–Crippen MR) is 107 cm³/mol. The molecule has 5 nitrogen and oxygen atoms in total. The molecule has 0 aliphatic rings. The Balaban J connectivity index is 1.70. The van der Waals surface area contributed by atoms with Gasteiger partial charge in [0, 0.05) is 47.8 Å². The van der Waals surface area contributed by atoms with Gasteiger partial charge >= 0.3 is 0 Å². The second kappa shape index (κ2) is 7.37. The third kappa shape index (κ3) is 3.91. The fourth-order valence-electron chi connectivity index (χ4n) is 3.04. The lowest BCUT2D eigenvalue weighted by atomic mass is 10.1. The number of rotatable bonds is 6. The van der Waals surface area contributed by atoms with Gasteiger partial charge in [0.15, 0.2) is 0 Å². The highest BCUT2D eigenvalue weighted by Crippen LogP contribution is 2.34. The first-order chi connectivity index (χ1) is 12.0. The number of benzene rings is 1. The minimum absolute atomic E-state index is 0.783. The fraction of sp³-hybridized carbons (Fsp3) is 0.368. The zero-order valence-corrected chi connectivity index (χ0v) is 16.1. The third-order valence-electron chi connectivity index (χ3n) is 4.43. The monoisotopic (exact) mass is 355 g/mol. The molecular formula is C19H25N5S. The van der Waals surface area contributed by atoms with Crippen molar-refractivity contribution in [3.63, 3.8) is 0 Å². The van der Waals surface area contributed by atoms with E-state index in [0.29, 0.717) is 0 Å². The number of hydrogen-bond donors (Lipinski definition) is 1. The number of anilines is 2. The molecule has 2 N–H and O–H groups in total. The van der Waals surface area contributed by atoms with E-state index in [0.717, 1.165) is 36.6 Å². The molecule has 0 spiro atoms. The van der Waals surface area contributed by atoms with E-state index in [2.05, 4.69) is 41.2 Å². The first-order valence-electron chi connectivity index (χ1n) is 8.39. The van der Waals surface area contributed by atoms with E-state index >= 15 is 0 Å². The molecule has 0 radical (unpaired) electrons. The number of nitrogens with two attached hydrogens (primary N) is 1. The first-order valence-corrected chi connectivity index (χ1v) is 9.21. The molecule has 0 amide bonds. The molecule has 0 atom stereocenters. The summed E-state index contributed by atoms with van der Waals surface area (Å²) < 4.78 is 1.28. The Hall–Kier alpha value is -2.18. The van der Waals surface area contributed by atoms with Gasteiger partial charge in [-0.15, -0.1) is 11.3 Å². The number of aryl methyl sites for hydroxylation is 1. The molecule has 132 valence electrons. The summed E-state index contributed by atoms with van der Waals surface area (Å²) in [7, 11) is 6.15. The first kappa shape index (κ1) is 17.6. The lowest BCUT2D eigenvalue weighted by Gasteiger charge is -2.18. The van der Waals surface area contributed by atoms with Crippen molar-refractivity contribution in [2.45, 2.75) is 19.9 Å². The van der Waals surface area contributed by atoms with Gasteiger partial charge in [-0.3, -0.25) is 0 Å². The highest BCUT2D eigenvalue weighted by molar-refractivity contribution is 7.19. The van der Waals surface area contributed by atoms with Crippen LogP contribution in [-0.4, -0.2) is 42.8 Å². The Morgan fingerprint density at radius 3 is 2.76 bits per heavy atom. The summed E-state index contributed by atoms with van der Waals surface area (Å²) in [4.78, 5) is 5.68. The van der Waals surface area contributed by atoms with Crippen LogP contribution >= 0.6 is 11.3 Å². The van der Waals surface area contributed by atoms with Gasteiger partial charge in [-0.2, -0.15) is 10.2 Å². The molecule has 0 aliphatic heterocycles. The number of hydrogen-bond acceptors (Lipinski definition) is 6. The molecule has 0 saturated carbocycles. The van der Waals surface area contributed by atoms with Crippen molar-refractivity contribution in [1.29, 1.82) is 0 Å². The molecule has 25 heavy (non-hydrogen) atoms. The topological polar surface area (TPSA) is 58.3 Å². The number of aromatic nitrogens is 2. The van der Waals surface area contributed by atoms with Crippen molar-refractivity contribution in [2.24, 2.45) is 0 Å². The maximum absolute atomic E-state index is 6.22. The number of nitrogens with zero attached hydrogens (tertiary/aromatic N) is 4. The lowest BCUT2D eigenvalue weighted by Crippen LogP contribution is -2.22. The van der Waals surface area contributed by atoms with Gasteiger partial charge in [-0.1, -0.05) is 6.07 Å². The van der Waals surface area contributed by atoms with Crippen LogP contribution in [0.4, 0.5) is 11.4 Å². The zero-order chi connectivity index (χ0) is 18.0. The van der Waals surface area contributed by atoms with Crippen LogP contribution in [0.15, 0.2) is 30.5 Å². The summed E-state index contributed by atoms with van der Waals surface area (Å²) in [5.41, 5.74) is 10.5. The molecule has 6 heteroatoms. The van der Waals surface area contributed by atoms with Crippen LogP contribution in [0.1, 0.15) is 16.1 Å². The highest BCUT2D eigenvalue weighted by atomic mass is 32.1. The summed E-state index contributed by atoms with van der Waals surface area (Å²) >= 11 is 1.83. The average molecular weight is 356 g/mol. The molecule has 1 aromatic carbocycles. The Labute approximate surface area is 153 Å². The Morgan fingerprint density at radius 2 is 2.00 bits per heavy atom. The molecule has 0 saturated heterocycles. The van der Waals surface area contributed by atoms with Crippen LogP contribution in [0.3, 0.4) is 0 Å². The van der Waals surface area contributed by atoms with Crippen molar-refractivity contribution in [1.82, 2.24) is 15.1 Å². The van der Waals surface area contributed by atoms with Crippen LogP contribution in [0.5, 0.6) is 0 Å². The molecule has 2 aromatic heterocycles. The van der Waals surface area contributed by atoms with Crippen molar-refractivity contribution in [2.75, 3.05) is 38.3 Å². The highest BCUT2D eigenvalue weighted by Gasteiger charge is 2.13. The van der Waals surface area contributed by atoms with E-state index in [1.807, 2.05) is 42.5 Å².